The Labute approximate surface area is 110 Å². The van der Waals surface area contributed by atoms with Crippen LogP contribution in [0.25, 0.3) is 0 Å². The third-order valence-corrected chi connectivity index (χ3v) is 3.43. The van der Waals surface area contributed by atoms with Gasteiger partial charge in [0, 0.05) is 11.9 Å². The molecule has 2 rings (SSSR count). The molecule has 0 N–H and O–H groups in total. The van der Waals surface area contributed by atoms with Crippen molar-refractivity contribution in [1.29, 1.82) is 5.26 Å². The second kappa shape index (κ2) is 4.93. The Hall–Kier alpha value is -2.01. The maximum atomic E-state index is 12.5. The van der Waals surface area contributed by atoms with E-state index >= 15 is 0 Å². The maximum Gasteiger partial charge on any atom is 0.416 e. The zero-order valence-corrected chi connectivity index (χ0v) is 10.5. The van der Waals surface area contributed by atoms with Crippen molar-refractivity contribution in [3.63, 3.8) is 0 Å². The topological polar surface area (TPSA) is 54.5 Å². The predicted molar refractivity (Wildman–Crippen MR) is 61.3 cm³/mol. The zero-order chi connectivity index (χ0) is 14.0. The first kappa shape index (κ1) is 13.4. The highest BCUT2D eigenvalue weighted by Crippen LogP contribution is 2.34. The summed E-state index contributed by atoms with van der Waals surface area (Å²) in [6, 6.07) is 4.80. The number of alkyl halides is 3. The van der Waals surface area contributed by atoms with Crippen LogP contribution in [0.2, 0.25) is 0 Å². The van der Waals surface area contributed by atoms with Gasteiger partial charge in [-0.15, -0.1) is 10.2 Å². The molecule has 0 bridgehead atoms. The van der Waals surface area contributed by atoms with Crippen LogP contribution in [0.5, 0.6) is 0 Å². The second-order valence-electron chi connectivity index (χ2n) is 3.65. The minimum atomic E-state index is -4.46. The summed E-state index contributed by atoms with van der Waals surface area (Å²) >= 11 is 1.09. The van der Waals surface area contributed by atoms with Crippen molar-refractivity contribution in [3.05, 3.63) is 35.7 Å². The number of hydrogen-bond acceptors (Lipinski definition) is 4. The van der Waals surface area contributed by atoms with Gasteiger partial charge < -0.3 is 4.57 Å². The molecular weight excluding hydrogens is 277 g/mol. The van der Waals surface area contributed by atoms with E-state index in [1.54, 1.807) is 17.7 Å². The molecule has 1 aromatic carbocycles. The lowest BCUT2D eigenvalue weighted by molar-refractivity contribution is -0.137. The zero-order valence-electron chi connectivity index (χ0n) is 9.64. The van der Waals surface area contributed by atoms with Crippen molar-refractivity contribution < 1.29 is 13.2 Å². The van der Waals surface area contributed by atoms with E-state index in [2.05, 4.69) is 10.2 Å². The first-order valence-corrected chi connectivity index (χ1v) is 5.86. The molecule has 0 fully saturated rings. The summed E-state index contributed by atoms with van der Waals surface area (Å²) in [5, 5.41) is 16.9. The smallest absolute Gasteiger partial charge is 0.311 e. The summed E-state index contributed by atoms with van der Waals surface area (Å²) in [6.07, 6.45) is -2.99. The highest BCUT2D eigenvalue weighted by atomic mass is 32.2. The van der Waals surface area contributed by atoms with E-state index in [1.165, 1.54) is 12.4 Å². The van der Waals surface area contributed by atoms with Gasteiger partial charge in [-0.25, -0.2) is 0 Å². The summed E-state index contributed by atoms with van der Waals surface area (Å²) in [5.41, 5.74) is -0.880. The van der Waals surface area contributed by atoms with Crippen LogP contribution in [0, 0.1) is 11.3 Å². The number of nitriles is 1. The normalized spacial score (nSPS) is 11.3. The van der Waals surface area contributed by atoms with Gasteiger partial charge in [0.15, 0.2) is 5.16 Å². The van der Waals surface area contributed by atoms with Gasteiger partial charge in [-0.3, -0.25) is 0 Å². The largest absolute Gasteiger partial charge is 0.416 e. The van der Waals surface area contributed by atoms with Gasteiger partial charge in [0.2, 0.25) is 0 Å². The van der Waals surface area contributed by atoms with Gasteiger partial charge >= 0.3 is 6.18 Å². The van der Waals surface area contributed by atoms with Gasteiger partial charge in [-0.05, 0) is 30.0 Å². The Morgan fingerprint density at radius 3 is 2.63 bits per heavy atom. The van der Waals surface area contributed by atoms with E-state index < -0.39 is 11.7 Å². The predicted octanol–water partition coefficient (Wildman–Crippen LogP) is 2.86. The molecule has 0 saturated heterocycles. The fourth-order valence-corrected chi connectivity index (χ4v) is 2.17. The van der Waals surface area contributed by atoms with Crippen LogP contribution in [0.1, 0.15) is 11.1 Å². The van der Waals surface area contributed by atoms with E-state index in [9.17, 15) is 13.2 Å². The molecule has 0 atom stereocenters. The molecule has 8 heteroatoms. The van der Waals surface area contributed by atoms with Crippen molar-refractivity contribution >= 4 is 11.8 Å². The van der Waals surface area contributed by atoms with Gasteiger partial charge in [0.1, 0.15) is 12.4 Å². The minimum Gasteiger partial charge on any atom is -0.311 e. The summed E-state index contributed by atoms with van der Waals surface area (Å²) in [4.78, 5) is 0.409. The molecule has 0 amide bonds. The first-order valence-electron chi connectivity index (χ1n) is 5.05. The van der Waals surface area contributed by atoms with E-state index in [0.29, 0.717) is 10.1 Å². The van der Waals surface area contributed by atoms with Crippen LogP contribution < -0.4 is 0 Å². The lowest BCUT2D eigenvalue weighted by Crippen LogP contribution is -2.05. The molecule has 0 aliphatic heterocycles. The number of halogens is 3. The highest BCUT2D eigenvalue weighted by molar-refractivity contribution is 7.99. The van der Waals surface area contributed by atoms with E-state index in [4.69, 9.17) is 5.26 Å². The average molecular weight is 284 g/mol. The Balaban J connectivity index is 2.38. The first-order chi connectivity index (χ1) is 8.91. The van der Waals surface area contributed by atoms with Gasteiger partial charge in [-0.1, -0.05) is 0 Å². The number of nitrogens with zero attached hydrogens (tertiary/aromatic N) is 4. The Bertz CT molecular complexity index is 642. The van der Waals surface area contributed by atoms with Crippen molar-refractivity contribution in [2.24, 2.45) is 7.05 Å². The molecule has 98 valence electrons. The van der Waals surface area contributed by atoms with Crippen LogP contribution in [-0.2, 0) is 13.2 Å². The lowest BCUT2D eigenvalue weighted by Gasteiger charge is -2.09. The molecule has 0 unspecified atom stereocenters. The van der Waals surface area contributed by atoms with Gasteiger partial charge in [-0.2, -0.15) is 18.4 Å². The second-order valence-corrected chi connectivity index (χ2v) is 4.66. The van der Waals surface area contributed by atoms with Crippen LogP contribution in [0.4, 0.5) is 13.2 Å². The molecule has 0 spiro atoms. The number of hydrogen-bond donors (Lipinski definition) is 0. The minimum absolute atomic E-state index is 0.0391. The van der Waals surface area contributed by atoms with E-state index in [1.807, 2.05) is 0 Å². The number of aryl methyl sites for hydroxylation is 1. The SMILES string of the molecule is Cn1cnnc1Sc1ccc(C(F)(F)F)cc1C#N. The third-order valence-electron chi connectivity index (χ3n) is 2.30. The molecule has 19 heavy (non-hydrogen) atoms. The monoisotopic (exact) mass is 284 g/mol. The standard InChI is InChI=1S/C11H7F3N4S/c1-18-6-16-17-10(18)19-9-3-2-8(11(12,13)14)4-7(9)5-15/h2-4,6H,1H3. The summed E-state index contributed by atoms with van der Waals surface area (Å²) in [6.45, 7) is 0. The summed E-state index contributed by atoms with van der Waals surface area (Å²) < 4.78 is 39.2. The quantitative estimate of drug-likeness (QED) is 0.851. The molecule has 0 aliphatic carbocycles. The van der Waals surface area contributed by atoms with Crippen LogP contribution in [0.3, 0.4) is 0 Å². The maximum absolute atomic E-state index is 12.5. The van der Waals surface area contributed by atoms with Gasteiger partial charge in [0.05, 0.1) is 11.1 Å². The Kier molecular flexibility index (Phi) is 3.48. The molecule has 0 aliphatic rings. The van der Waals surface area contributed by atoms with Gasteiger partial charge in [0.25, 0.3) is 0 Å². The van der Waals surface area contributed by atoms with Crippen LogP contribution in [0.15, 0.2) is 34.6 Å². The highest BCUT2D eigenvalue weighted by Gasteiger charge is 2.31. The number of benzene rings is 1. The van der Waals surface area contributed by atoms with Crippen molar-refractivity contribution in [2.75, 3.05) is 0 Å². The average Bonchev–Trinajstić information content (AvgIpc) is 2.74. The molecular formula is C11H7F3N4S. The lowest BCUT2D eigenvalue weighted by atomic mass is 10.1. The van der Waals surface area contributed by atoms with E-state index in [0.717, 1.165) is 23.9 Å². The van der Waals surface area contributed by atoms with Crippen molar-refractivity contribution in [3.8, 4) is 6.07 Å². The van der Waals surface area contributed by atoms with E-state index in [-0.39, 0.29) is 5.56 Å². The van der Waals surface area contributed by atoms with Crippen molar-refractivity contribution in [1.82, 2.24) is 14.8 Å². The number of rotatable bonds is 2. The molecule has 1 aromatic heterocycles. The molecule has 1 heterocycles. The molecule has 0 radical (unpaired) electrons. The third kappa shape index (κ3) is 2.88. The molecule has 2 aromatic rings. The Morgan fingerprint density at radius 1 is 1.37 bits per heavy atom. The summed E-state index contributed by atoms with van der Waals surface area (Å²) in [5.74, 6) is 0. The van der Waals surface area contributed by atoms with Crippen molar-refractivity contribution in [2.45, 2.75) is 16.2 Å². The summed E-state index contributed by atoms with van der Waals surface area (Å²) in [7, 11) is 1.71. The van der Waals surface area contributed by atoms with Crippen LogP contribution in [-0.4, -0.2) is 14.8 Å². The Morgan fingerprint density at radius 2 is 2.11 bits per heavy atom. The fourth-order valence-electron chi connectivity index (χ4n) is 1.35. The molecule has 4 nitrogen and oxygen atoms in total. The fraction of sp³-hybridized carbons (Fsp3) is 0.182. The van der Waals surface area contributed by atoms with Crippen LogP contribution >= 0.6 is 11.8 Å². The number of aromatic nitrogens is 3. The molecule has 0 saturated carbocycles.